The van der Waals surface area contributed by atoms with E-state index in [4.69, 9.17) is 14.6 Å². The van der Waals surface area contributed by atoms with Crippen molar-refractivity contribution < 1.29 is 29.3 Å². The van der Waals surface area contributed by atoms with Crippen LogP contribution in [0.15, 0.2) is 24.3 Å². The zero-order chi connectivity index (χ0) is 14.3. The van der Waals surface area contributed by atoms with Crippen molar-refractivity contribution in [2.45, 2.75) is 19.4 Å². The minimum absolute atomic E-state index is 0.161. The van der Waals surface area contributed by atoms with Gasteiger partial charge in [-0.2, -0.15) is 0 Å². The molecule has 0 bridgehead atoms. The molecule has 6 heteroatoms. The van der Waals surface area contributed by atoms with E-state index in [1.807, 2.05) is 0 Å². The van der Waals surface area contributed by atoms with Gasteiger partial charge in [0, 0.05) is 11.1 Å². The molecule has 0 fully saturated rings. The number of rotatable bonds is 7. The van der Waals surface area contributed by atoms with Gasteiger partial charge in [-0.3, -0.25) is 0 Å². The van der Waals surface area contributed by atoms with Gasteiger partial charge in [0.1, 0.15) is 13.2 Å². The Labute approximate surface area is 106 Å². The first-order valence-corrected chi connectivity index (χ1v) is 5.20. The van der Waals surface area contributed by atoms with Gasteiger partial charge >= 0.3 is 11.9 Å². The highest BCUT2D eigenvalue weighted by molar-refractivity contribution is 5.87. The summed E-state index contributed by atoms with van der Waals surface area (Å²) in [6.07, 6.45) is 0. The summed E-state index contributed by atoms with van der Waals surface area (Å²) < 4.78 is 9.38. The van der Waals surface area contributed by atoms with Crippen molar-refractivity contribution in [2.75, 3.05) is 19.8 Å². The highest BCUT2D eigenvalue weighted by atomic mass is 16.6. The number of carbonyl (C=O) groups is 2. The van der Waals surface area contributed by atoms with Crippen LogP contribution in [-0.2, 0) is 19.1 Å². The van der Waals surface area contributed by atoms with Crippen LogP contribution < -0.4 is 0 Å². The Hall–Kier alpha value is -1.66. The van der Waals surface area contributed by atoms with Crippen molar-refractivity contribution in [1.82, 2.24) is 0 Å². The monoisotopic (exact) mass is 258 g/mol. The van der Waals surface area contributed by atoms with E-state index in [0.717, 1.165) is 0 Å². The van der Waals surface area contributed by atoms with Crippen molar-refractivity contribution in [2.24, 2.45) is 0 Å². The third-order valence-corrected chi connectivity index (χ3v) is 1.94. The molecule has 6 nitrogen and oxygen atoms in total. The van der Waals surface area contributed by atoms with Crippen molar-refractivity contribution >= 4 is 11.9 Å². The predicted octanol–water partition coefficient (Wildman–Crippen LogP) is -0.0516. The number of ether oxygens (including phenoxy) is 2. The average molecular weight is 258 g/mol. The summed E-state index contributed by atoms with van der Waals surface area (Å²) in [6, 6.07) is 0. The van der Waals surface area contributed by atoms with Gasteiger partial charge in [0.25, 0.3) is 0 Å². The molecule has 0 amide bonds. The fourth-order valence-corrected chi connectivity index (χ4v) is 0.779. The lowest BCUT2D eigenvalue weighted by Crippen LogP contribution is -2.44. The minimum atomic E-state index is -1.84. The van der Waals surface area contributed by atoms with Crippen molar-refractivity contribution in [1.29, 1.82) is 0 Å². The van der Waals surface area contributed by atoms with E-state index in [2.05, 4.69) is 13.2 Å². The molecule has 0 aliphatic rings. The zero-order valence-electron chi connectivity index (χ0n) is 10.6. The fourth-order valence-electron chi connectivity index (χ4n) is 0.779. The molecule has 102 valence electrons. The SMILES string of the molecule is C=C(C)C(=O)OCC(O)(CO)COC(=O)C(=C)C. The van der Waals surface area contributed by atoms with Gasteiger partial charge in [-0.05, 0) is 13.8 Å². The van der Waals surface area contributed by atoms with Gasteiger partial charge in [0.15, 0.2) is 5.60 Å². The molecule has 0 heterocycles. The molecule has 2 N–H and O–H groups in total. The normalized spacial score (nSPS) is 10.7. The van der Waals surface area contributed by atoms with E-state index in [1.165, 1.54) is 13.8 Å². The lowest BCUT2D eigenvalue weighted by Gasteiger charge is -2.24. The van der Waals surface area contributed by atoms with Gasteiger partial charge in [-0.25, -0.2) is 9.59 Å². The Balaban J connectivity index is 4.35. The summed E-state index contributed by atoms with van der Waals surface area (Å²) in [5, 5.41) is 18.8. The summed E-state index contributed by atoms with van der Waals surface area (Å²) >= 11 is 0. The maximum Gasteiger partial charge on any atom is 0.333 e. The summed E-state index contributed by atoms with van der Waals surface area (Å²) in [5.41, 5.74) is -1.51. The largest absolute Gasteiger partial charge is 0.459 e. The first kappa shape index (κ1) is 16.3. The van der Waals surface area contributed by atoms with Crippen LogP contribution in [0.4, 0.5) is 0 Å². The summed E-state index contributed by atoms with van der Waals surface area (Å²) in [6.45, 7) is 7.89. The van der Waals surface area contributed by atoms with Crippen LogP contribution in [0.2, 0.25) is 0 Å². The van der Waals surface area contributed by atoms with Crippen LogP contribution in [0.25, 0.3) is 0 Å². The molecule has 0 saturated carbocycles. The van der Waals surface area contributed by atoms with Crippen molar-refractivity contribution in [3.05, 3.63) is 24.3 Å². The molecule has 0 aliphatic carbocycles. The molecule has 18 heavy (non-hydrogen) atoms. The molecule has 0 rings (SSSR count). The highest BCUT2D eigenvalue weighted by Crippen LogP contribution is 2.08. The summed E-state index contributed by atoms with van der Waals surface area (Å²) in [7, 11) is 0. The van der Waals surface area contributed by atoms with Crippen LogP contribution >= 0.6 is 0 Å². The highest BCUT2D eigenvalue weighted by Gasteiger charge is 2.30. The maximum absolute atomic E-state index is 11.1. The summed E-state index contributed by atoms with van der Waals surface area (Å²) in [5.74, 6) is -1.40. The number of esters is 2. The van der Waals surface area contributed by atoms with Gasteiger partial charge in [-0.15, -0.1) is 0 Å². The van der Waals surface area contributed by atoms with Gasteiger partial charge in [0.2, 0.25) is 0 Å². The molecule has 0 unspecified atom stereocenters. The fraction of sp³-hybridized carbons (Fsp3) is 0.500. The predicted molar refractivity (Wildman–Crippen MR) is 63.6 cm³/mol. The Morgan fingerprint density at radius 2 is 1.39 bits per heavy atom. The zero-order valence-corrected chi connectivity index (χ0v) is 10.6. The molecule has 0 aliphatic heterocycles. The lowest BCUT2D eigenvalue weighted by molar-refractivity contribution is -0.163. The molecule has 0 aromatic rings. The third-order valence-electron chi connectivity index (χ3n) is 1.94. The molecule has 0 radical (unpaired) electrons. The van der Waals surface area contributed by atoms with Crippen LogP contribution in [0.3, 0.4) is 0 Å². The van der Waals surface area contributed by atoms with Crippen LogP contribution in [0.5, 0.6) is 0 Å². The number of aliphatic hydroxyl groups is 2. The Bertz CT molecular complexity index is 328. The second kappa shape index (κ2) is 6.93. The van der Waals surface area contributed by atoms with Crippen molar-refractivity contribution in [3.63, 3.8) is 0 Å². The molecule has 0 aromatic heterocycles. The molecule has 0 saturated heterocycles. The van der Waals surface area contributed by atoms with Gasteiger partial charge in [-0.1, -0.05) is 13.2 Å². The van der Waals surface area contributed by atoms with Gasteiger partial charge in [0.05, 0.1) is 6.61 Å². The first-order valence-electron chi connectivity index (χ1n) is 5.20. The molecule has 0 aromatic carbocycles. The number of hydrogen-bond donors (Lipinski definition) is 2. The Morgan fingerprint density at radius 1 is 1.06 bits per heavy atom. The van der Waals surface area contributed by atoms with Crippen molar-refractivity contribution in [3.8, 4) is 0 Å². The van der Waals surface area contributed by atoms with E-state index >= 15 is 0 Å². The van der Waals surface area contributed by atoms with E-state index in [-0.39, 0.29) is 11.1 Å². The first-order chi connectivity index (χ1) is 8.22. The van der Waals surface area contributed by atoms with Gasteiger partial charge < -0.3 is 19.7 Å². The second-order valence-electron chi connectivity index (χ2n) is 4.10. The molecule has 0 spiro atoms. The average Bonchev–Trinajstić information content (AvgIpc) is 2.32. The number of carbonyl (C=O) groups excluding carboxylic acids is 2. The second-order valence-corrected chi connectivity index (χ2v) is 4.10. The number of hydrogen-bond acceptors (Lipinski definition) is 6. The van der Waals surface area contributed by atoms with Crippen LogP contribution in [0, 0.1) is 0 Å². The molecular weight excluding hydrogens is 240 g/mol. The lowest BCUT2D eigenvalue weighted by atomic mass is 10.1. The topological polar surface area (TPSA) is 93.1 Å². The maximum atomic E-state index is 11.1. The third kappa shape index (κ3) is 5.60. The quantitative estimate of drug-likeness (QED) is 0.491. The smallest absolute Gasteiger partial charge is 0.333 e. The minimum Gasteiger partial charge on any atom is -0.459 e. The Kier molecular flexibility index (Phi) is 6.29. The Morgan fingerprint density at radius 3 is 1.61 bits per heavy atom. The standard InChI is InChI=1S/C12H18O6/c1-8(2)10(14)17-6-12(16,5-13)7-18-11(15)9(3)4/h13,16H,1,3,5-7H2,2,4H3. The van der Waals surface area contributed by atoms with E-state index in [1.54, 1.807) is 0 Å². The van der Waals surface area contributed by atoms with E-state index < -0.39 is 37.4 Å². The van der Waals surface area contributed by atoms with E-state index in [0.29, 0.717) is 0 Å². The van der Waals surface area contributed by atoms with E-state index in [9.17, 15) is 14.7 Å². The molecular formula is C12H18O6. The number of aliphatic hydroxyl groups excluding tert-OH is 1. The summed E-state index contributed by atoms with van der Waals surface area (Å²) in [4.78, 5) is 22.2. The molecule has 0 atom stereocenters. The van der Waals surface area contributed by atoms with Crippen LogP contribution in [0.1, 0.15) is 13.8 Å². The van der Waals surface area contributed by atoms with Crippen LogP contribution in [-0.4, -0.2) is 47.6 Å².